The van der Waals surface area contributed by atoms with Gasteiger partial charge in [-0.25, -0.2) is 9.50 Å². The fraction of sp³-hybridized carbons (Fsp3) is 0.208. The van der Waals surface area contributed by atoms with E-state index in [9.17, 15) is 18.0 Å². The maximum absolute atomic E-state index is 12.6. The molecule has 0 bridgehead atoms. The topological polar surface area (TPSA) is 68.5 Å². The lowest BCUT2D eigenvalue weighted by Crippen LogP contribution is -2.17. The molecule has 170 valence electrons. The number of nitrogens with one attached hydrogen (secondary N) is 1. The number of carbonyl (C=O) groups excluding carboxylic acids is 1. The zero-order valence-electron chi connectivity index (χ0n) is 18.1. The van der Waals surface area contributed by atoms with Crippen LogP contribution in [0.5, 0.6) is 5.75 Å². The molecule has 1 N–H and O–H groups in total. The van der Waals surface area contributed by atoms with Crippen molar-refractivity contribution in [1.29, 1.82) is 0 Å². The van der Waals surface area contributed by atoms with Gasteiger partial charge in [-0.3, -0.25) is 4.79 Å². The summed E-state index contributed by atoms with van der Waals surface area (Å²) < 4.78 is 42.9. The summed E-state index contributed by atoms with van der Waals surface area (Å²) in [5, 5.41) is 7.13. The summed E-state index contributed by atoms with van der Waals surface area (Å²) in [7, 11) is 0. The van der Waals surface area contributed by atoms with Gasteiger partial charge in [-0.15, -0.1) is 13.2 Å². The van der Waals surface area contributed by atoms with Gasteiger partial charge in [0.05, 0.1) is 11.9 Å². The summed E-state index contributed by atoms with van der Waals surface area (Å²) in [6.07, 6.45) is -3.24. The van der Waals surface area contributed by atoms with Gasteiger partial charge >= 0.3 is 6.36 Å². The number of amides is 1. The number of hydrogen-bond acceptors (Lipinski definition) is 4. The van der Waals surface area contributed by atoms with Gasteiger partial charge in [-0.05, 0) is 47.4 Å². The number of anilines is 1. The molecule has 0 aliphatic rings. The Balaban J connectivity index is 1.54. The van der Waals surface area contributed by atoms with Crippen molar-refractivity contribution in [3.63, 3.8) is 0 Å². The van der Waals surface area contributed by atoms with Gasteiger partial charge in [0, 0.05) is 11.1 Å². The van der Waals surface area contributed by atoms with Gasteiger partial charge in [-0.2, -0.15) is 5.10 Å². The molecule has 0 saturated heterocycles. The van der Waals surface area contributed by atoms with E-state index in [0.29, 0.717) is 28.3 Å². The molecule has 0 unspecified atom stereocenters. The minimum absolute atomic E-state index is 0.0155. The summed E-state index contributed by atoms with van der Waals surface area (Å²) in [6, 6.07) is 16.2. The van der Waals surface area contributed by atoms with Gasteiger partial charge in [0.15, 0.2) is 11.5 Å². The van der Waals surface area contributed by atoms with E-state index in [1.807, 2.05) is 12.1 Å². The Kier molecular flexibility index (Phi) is 5.57. The van der Waals surface area contributed by atoms with Gasteiger partial charge < -0.3 is 10.1 Å². The molecular weight excluding hydrogens is 433 g/mol. The van der Waals surface area contributed by atoms with Gasteiger partial charge in [0.25, 0.3) is 5.91 Å². The fourth-order valence-electron chi connectivity index (χ4n) is 3.26. The summed E-state index contributed by atoms with van der Waals surface area (Å²) >= 11 is 0. The van der Waals surface area contributed by atoms with E-state index in [2.05, 4.69) is 40.9 Å². The maximum Gasteiger partial charge on any atom is 0.573 e. The standard InChI is InChI=1S/C24H21F3N4O2/c1-23(2,3)17-9-7-15(8-10-17)22(32)29-20-14-31-21(28-20)12-11-19(30-31)16-5-4-6-18(13-16)33-24(25,26)27/h4-14H,1-3H3,(H,29,32). The van der Waals surface area contributed by atoms with Crippen molar-refractivity contribution in [1.82, 2.24) is 14.6 Å². The quantitative estimate of drug-likeness (QED) is 0.420. The molecular formula is C24H21F3N4O2. The van der Waals surface area contributed by atoms with E-state index in [4.69, 9.17) is 0 Å². The lowest BCUT2D eigenvalue weighted by atomic mass is 9.87. The van der Waals surface area contributed by atoms with Crippen LogP contribution in [0.2, 0.25) is 0 Å². The Morgan fingerprint density at radius 2 is 1.73 bits per heavy atom. The summed E-state index contributed by atoms with van der Waals surface area (Å²) in [6.45, 7) is 6.29. The minimum Gasteiger partial charge on any atom is -0.406 e. The highest BCUT2D eigenvalue weighted by Crippen LogP contribution is 2.27. The largest absolute Gasteiger partial charge is 0.573 e. The lowest BCUT2D eigenvalue weighted by molar-refractivity contribution is -0.274. The van der Waals surface area contributed by atoms with Crippen molar-refractivity contribution in [2.75, 3.05) is 5.32 Å². The van der Waals surface area contributed by atoms with Crippen LogP contribution in [0.4, 0.5) is 19.0 Å². The third-order valence-corrected chi connectivity index (χ3v) is 4.94. The van der Waals surface area contributed by atoms with Crippen molar-refractivity contribution in [2.24, 2.45) is 0 Å². The summed E-state index contributed by atoms with van der Waals surface area (Å²) in [4.78, 5) is 16.9. The number of benzene rings is 2. The van der Waals surface area contributed by atoms with Gasteiger partial charge in [0.2, 0.25) is 0 Å². The van der Waals surface area contributed by atoms with Crippen LogP contribution >= 0.6 is 0 Å². The Labute approximate surface area is 188 Å². The predicted octanol–water partition coefficient (Wildman–Crippen LogP) is 5.84. The first kappa shape index (κ1) is 22.3. The molecule has 0 fully saturated rings. The second-order valence-electron chi connectivity index (χ2n) is 8.50. The molecule has 33 heavy (non-hydrogen) atoms. The molecule has 4 aromatic rings. The Bertz CT molecular complexity index is 1310. The highest BCUT2D eigenvalue weighted by atomic mass is 19.4. The highest BCUT2D eigenvalue weighted by Gasteiger charge is 2.31. The molecule has 4 rings (SSSR count). The van der Waals surface area contributed by atoms with Crippen LogP contribution in [0.25, 0.3) is 16.9 Å². The molecule has 0 spiro atoms. The van der Waals surface area contributed by atoms with Crippen LogP contribution in [0.1, 0.15) is 36.7 Å². The smallest absolute Gasteiger partial charge is 0.406 e. The second-order valence-corrected chi connectivity index (χ2v) is 8.50. The number of fused-ring (bicyclic) bond motifs is 1. The first-order chi connectivity index (χ1) is 15.5. The van der Waals surface area contributed by atoms with Crippen molar-refractivity contribution in [2.45, 2.75) is 32.5 Å². The molecule has 0 atom stereocenters. The van der Waals surface area contributed by atoms with Crippen LogP contribution in [0, 0.1) is 0 Å². The molecule has 2 heterocycles. The monoisotopic (exact) mass is 454 g/mol. The first-order valence-electron chi connectivity index (χ1n) is 10.1. The number of nitrogens with zero attached hydrogens (tertiary/aromatic N) is 3. The van der Waals surface area contributed by atoms with Crippen LogP contribution in [-0.2, 0) is 5.41 Å². The average molecular weight is 454 g/mol. The molecule has 0 saturated carbocycles. The third-order valence-electron chi connectivity index (χ3n) is 4.94. The Hall–Kier alpha value is -3.88. The number of aromatic nitrogens is 3. The number of rotatable bonds is 4. The summed E-state index contributed by atoms with van der Waals surface area (Å²) in [5.41, 5.74) is 2.93. The number of ether oxygens (including phenoxy) is 1. The average Bonchev–Trinajstić information content (AvgIpc) is 3.13. The minimum atomic E-state index is -4.78. The molecule has 0 aliphatic carbocycles. The fourth-order valence-corrected chi connectivity index (χ4v) is 3.26. The number of halogens is 3. The molecule has 1 amide bonds. The molecule has 0 aliphatic heterocycles. The van der Waals surface area contributed by atoms with Crippen molar-refractivity contribution in [3.8, 4) is 17.0 Å². The SMILES string of the molecule is CC(C)(C)c1ccc(C(=O)Nc2cn3nc(-c4cccc(OC(F)(F)F)c4)ccc3n2)cc1. The second kappa shape index (κ2) is 8.23. The molecule has 9 heteroatoms. The highest BCUT2D eigenvalue weighted by molar-refractivity contribution is 6.03. The molecule has 2 aromatic carbocycles. The number of hydrogen-bond donors (Lipinski definition) is 1. The zero-order chi connectivity index (χ0) is 23.8. The van der Waals surface area contributed by atoms with Crippen LogP contribution in [-0.4, -0.2) is 26.9 Å². The maximum atomic E-state index is 12.6. The zero-order valence-corrected chi connectivity index (χ0v) is 18.1. The first-order valence-corrected chi connectivity index (χ1v) is 10.1. The van der Waals surface area contributed by atoms with Crippen LogP contribution in [0.3, 0.4) is 0 Å². The Morgan fingerprint density at radius 1 is 1.00 bits per heavy atom. The van der Waals surface area contributed by atoms with E-state index in [1.54, 1.807) is 30.3 Å². The normalized spacial score (nSPS) is 12.1. The van der Waals surface area contributed by atoms with E-state index in [1.165, 1.54) is 28.9 Å². The van der Waals surface area contributed by atoms with Crippen LogP contribution in [0.15, 0.2) is 66.9 Å². The molecule has 0 radical (unpaired) electrons. The summed E-state index contributed by atoms with van der Waals surface area (Å²) in [5.74, 6) is -0.340. The number of alkyl halides is 3. The molecule has 6 nitrogen and oxygen atoms in total. The van der Waals surface area contributed by atoms with Gasteiger partial charge in [-0.1, -0.05) is 45.0 Å². The lowest BCUT2D eigenvalue weighted by Gasteiger charge is -2.18. The molecule has 2 aromatic heterocycles. The number of imidazole rings is 1. The van der Waals surface area contributed by atoms with E-state index in [-0.39, 0.29) is 17.1 Å². The van der Waals surface area contributed by atoms with E-state index >= 15 is 0 Å². The Morgan fingerprint density at radius 3 is 2.39 bits per heavy atom. The van der Waals surface area contributed by atoms with E-state index < -0.39 is 6.36 Å². The van der Waals surface area contributed by atoms with Crippen LogP contribution < -0.4 is 10.1 Å². The van der Waals surface area contributed by atoms with Gasteiger partial charge in [0.1, 0.15) is 5.75 Å². The van der Waals surface area contributed by atoms with E-state index in [0.717, 1.165) is 5.56 Å². The van der Waals surface area contributed by atoms with Crippen molar-refractivity contribution in [3.05, 3.63) is 78.0 Å². The third kappa shape index (κ3) is 5.31. The number of carbonyl (C=O) groups is 1. The van der Waals surface area contributed by atoms with Crippen molar-refractivity contribution >= 4 is 17.4 Å². The predicted molar refractivity (Wildman–Crippen MR) is 118 cm³/mol. The van der Waals surface area contributed by atoms with Crippen molar-refractivity contribution < 1.29 is 22.7 Å².